The molecule has 4 bridgehead atoms. The molecule has 1 unspecified atom stereocenters. The van der Waals surface area contributed by atoms with Crippen molar-refractivity contribution in [1.82, 2.24) is 10.6 Å². The number of nitrogens with one attached hydrogen (secondary N) is 2. The van der Waals surface area contributed by atoms with Crippen LogP contribution in [0.15, 0.2) is 0 Å². The Balaban J connectivity index is 1.19. The fourth-order valence-corrected chi connectivity index (χ4v) is 8.11. The first-order valence-electron chi connectivity index (χ1n) is 10.1. The summed E-state index contributed by atoms with van der Waals surface area (Å²) in [7, 11) is -2.90. The normalized spacial score (nSPS) is 39.7. The zero-order valence-electron chi connectivity index (χ0n) is 15.3. The molecule has 1 atom stereocenters. The molecule has 0 radical (unpaired) electrons. The molecule has 2 N–H and O–H groups in total. The van der Waals surface area contributed by atoms with E-state index in [2.05, 4.69) is 10.6 Å². The monoisotopic (exact) mass is 382 g/mol. The van der Waals surface area contributed by atoms with Crippen molar-refractivity contribution >= 4 is 21.7 Å². The molecule has 5 rings (SSSR count). The first kappa shape index (κ1) is 18.3. The average Bonchev–Trinajstić information content (AvgIpc) is 2.91. The van der Waals surface area contributed by atoms with Crippen LogP contribution in [0.5, 0.6) is 0 Å². The zero-order valence-corrected chi connectivity index (χ0v) is 16.2. The molecule has 2 amide bonds. The lowest BCUT2D eigenvalue weighted by Gasteiger charge is -2.55. The summed E-state index contributed by atoms with van der Waals surface area (Å²) in [6.45, 7) is 0.788. The molecule has 0 aromatic rings. The molecule has 26 heavy (non-hydrogen) atoms. The Morgan fingerprint density at radius 3 is 2.12 bits per heavy atom. The minimum absolute atomic E-state index is 0.0329. The summed E-state index contributed by atoms with van der Waals surface area (Å²) in [6.07, 6.45) is 7.93. The van der Waals surface area contributed by atoms with Gasteiger partial charge in [-0.2, -0.15) is 0 Å². The van der Waals surface area contributed by atoms with Gasteiger partial charge in [-0.3, -0.25) is 9.59 Å². The zero-order chi connectivity index (χ0) is 18.4. The van der Waals surface area contributed by atoms with Gasteiger partial charge in [-0.1, -0.05) is 0 Å². The molecule has 0 aromatic heterocycles. The highest BCUT2D eigenvalue weighted by Gasteiger charge is 2.54. The van der Waals surface area contributed by atoms with Crippen molar-refractivity contribution in [2.75, 3.05) is 24.6 Å². The molecular weight excluding hydrogens is 352 g/mol. The van der Waals surface area contributed by atoms with Crippen LogP contribution in [0.2, 0.25) is 0 Å². The first-order chi connectivity index (χ1) is 12.3. The van der Waals surface area contributed by atoms with Crippen LogP contribution in [-0.2, 0) is 19.4 Å². The topological polar surface area (TPSA) is 92.3 Å². The maximum Gasteiger partial charge on any atom is 0.226 e. The van der Waals surface area contributed by atoms with E-state index in [-0.39, 0.29) is 41.1 Å². The van der Waals surface area contributed by atoms with Gasteiger partial charge in [0.1, 0.15) is 0 Å². The second kappa shape index (κ2) is 6.80. The van der Waals surface area contributed by atoms with Gasteiger partial charge >= 0.3 is 0 Å². The van der Waals surface area contributed by atoms with Crippen molar-refractivity contribution in [1.29, 1.82) is 0 Å². The molecule has 0 aromatic carbocycles. The van der Waals surface area contributed by atoms with Gasteiger partial charge < -0.3 is 10.6 Å². The van der Waals surface area contributed by atoms with E-state index in [0.29, 0.717) is 19.5 Å². The molecule has 1 saturated heterocycles. The van der Waals surface area contributed by atoms with E-state index in [0.717, 1.165) is 37.0 Å². The van der Waals surface area contributed by atoms with E-state index in [9.17, 15) is 18.0 Å². The Bertz CT molecular complexity index is 652. The van der Waals surface area contributed by atoms with Gasteiger partial charge in [0.2, 0.25) is 11.8 Å². The molecule has 4 aliphatic carbocycles. The second-order valence-corrected chi connectivity index (χ2v) is 11.5. The summed E-state index contributed by atoms with van der Waals surface area (Å²) in [6, 6.07) is 0. The summed E-state index contributed by atoms with van der Waals surface area (Å²) in [5.74, 6) is 2.69. The molecule has 5 aliphatic rings. The predicted octanol–water partition coefficient (Wildman–Crippen LogP) is 1.26. The smallest absolute Gasteiger partial charge is 0.226 e. The summed E-state index contributed by atoms with van der Waals surface area (Å²) >= 11 is 0. The summed E-state index contributed by atoms with van der Waals surface area (Å²) in [5.41, 5.74) is -0.163. The molecule has 5 fully saturated rings. The van der Waals surface area contributed by atoms with Crippen LogP contribution in [0, 0.1) is 29.1 Å². The fourth-order valence-electron chi connectivity index (χ4n) is 6.25. The lowest BCUT2D eigenvalue weighted by atomic mass is 9.49. The molecule has 4 saturated carbocycles. The number of rotatable bonds is 6. The van der Waals surface area contributed by atoms with Gasteiger partial charge in [0.05, 0.1) is 11.5 Å². The minimum atomic E-state index is -2.90. The van der Waals surface area contributed by atoms with Crippen molar-refractivity contribution in [2.24, 2.45) is 29.1 Å². The van der Waals surface area contributed by atoms with E-state index in [1.165, 1.54) is 19.3 Å². The van der Waals surface area contributed by atoms with Gasteiger partial charge in [0.25, 0.3) is 0 Å². The van der Waals surface area contributed by atoms with Gasteiger partial charge in [-0.05, 0) is 68.6 Å². The number of hydrogen-bond donors (Lipinski definition) is 2. The van der Waals surface area contributed by atoms with Crippen molar-refractivity contribution in [3.8, 4) is 0 Å². The standard InChI is InChI=1S/C19H30N2O4S/c22-17(21-11-13-2-4-26(24,25)12-13)1-3-20-18(23)19-8-14-5-15(9-19)7-16(6-14)10-19/h13-16H,1-12H2,(H,20,23)(H,21,22). The number of hydrogen-bond acceptors (Lipinski definition) is 4. The Morgan fingerprint density at radius 1 is 0.962 bits per heavy atom. The van der Waals surface area contributed by atoms with E-state index >= 15 is 0 Å². The highest BCUT2D eigenvalue weighted by molar-refractivity contribution is 7.91. The number of carbonyl (C=O) groups excluding carboxylic acids is 2. The predicted molar refractivity (Wildman–Crippen MR) is 98.0 cm³/mol. The van der Waals surface area contributed by atoms with Crippen LogP contribution in [0.1, 0.15) is 51.4 Å². The van der Waals surface area contributed by atoms with Crippen LogP contribution < -0.4 is 10.6 Å². The largest absolute Gasteiger partial charge is 0.356 e. The SMILES string of the molecule is O=C(CCNC(=O)C12CC3CC(CC(C3)C1)C2)NCC1CCS(=O)(=O)C1. The quantitative estimate of drug-likeness (QED) is 0.723. The third-order valence-electron chi connectivity index (χ3n) is 7.07. The Hall–Kier alpha value is -1.11. The average molecular weight is 383 g/mol. The molecular formula is C19H30N2O4S. The molecule has 146 valence electrons. The Morgan fingerprint density at radius 2 is 1.58 bits per heavy atom. The molecule has 7 heteroatoms. The fraction of sp³-hybridized carbons (Fsp3) is 0.895. The number of sulfone groups is 1. The highest BCUT2D eigenvalue weighted by atomic mass is 32.2. The lowest BCUT2D eigenvalue weighted by molar-refractivity contribution is -0.146. The van der Waals surface area contributed by atoms with Gasteiger partial charge in [0.15, 0.2) is 9.84 Å². The van der Waals surface area contributed by atoms with Crippen LogP contribution in [-0.4, -0.2) is 44.8 Å². The molecule has 0 spiro atoms. The van der Waals surface area contributed by atoms with Gasteiger partial charge in [-0.25, -0.2) is 8.42 Å². The number of carbonyl (C=O) groups is 2. The van der Waals surface area contributed by atoms with E-state index in [1.807, 2.05) is 0 Å². The Kier molecular flexibility index (Phi) is 4.78. The molecule has 6 nitrogen and oxygen atoms in total. The van der Waals surface area contributed by atoms with Crippen LogP contribution in [0.3, 0.4) is 0 Å². The van der Waals surface area contributed by atoms with Crippen molar-refractivity contribution in [3.05, 3.63) is 0 Å². The van der Waals surface area contributed by atoms with Crippen LogP contribution >= 0.6 is 0 Å². The maximum atomic E-state index is 12.8. The highest BCUT2D eigenvalue weighted by Crippen LogP contribution is 2.60. The van der Waals surface area contributed by atoms with Gasteiger partial charge in [0, 0.05) is 24.9 Å². The van der Waals surface area contributed by atoms with Crippen molar-refractivity contribution in [3.63, 3.8) is 0 Å². The van der Waals surface area contributed by atoms with E-state index in [1.54, 1.807) is 0 Å². The van der Waals surface area contributed by atoms with E-state index in [4.69, 9.17) is 0 Å². The maximum absolute atomic E-state index is 12.8. The number of amides is 2. The van der Waals surface area contributed by atoms with Crippen LogP contribution in [0.25, 0.3) is 0 Å². The lowest BCUT2D eigenvalue weighted by Crippen LogP contribution is -2.53. The molecule has 1 aliphatic heterocycles. The first-order valence-corrected chi connectivity index (χ1v) is 11.9. The summed E-state index contributed by atoms with van der Waals surface area (Å²) in [4.78, 5) is 24.8. The van der Waals surface area contributed by atoms with Crippen molar-refractivity contribution in [2.45, 2.75) is 51.4 Å². The second-order valence-electron chi connectivity index (χ2n) is 9.28. The summed E-state index contributed by atoms with van der Waals surface area (Å²) in [5, 5.41) is 5.83. The third kappa shape index (κ3) is 3.78. The Labute approximate surface area is 155 Å². The summed E-state index contributed by atoms with van der Waals surface area (Å²) < 4.78 is 22.9. The third-order valence-corrected chi connectivity index (χ3v) is 8.91. The van der Waals surface area contributed by atoms with Crippen molar-refractivity contribution < 1.29 is 18.0 Å². The van der Waals surface area contributed by atoms with Gasteiger partial charge in [-0.15, -0.1) is 0 Å². The van der Waals surface area contributed by atoms with Crippen LogP contribution in [0.4, 0.5) is 0 Å². The van der Waals surface area contributed by atoms with E-state index < -0.39 is 9.84 Å². The minimum Gasteiger partial charge on any atom is -0.356 e. The molecule has 1 heterocycles.